The molecular formula is C15H18BrN3S. The number of rotatable bonds is 6. The third kappa shape index (κ3) is 4.23. The van der Waals surface area contributed by atoms with Crippen molar-refractivity contribution in [2.75, 3.05) is 18.0 Å². The van der Waals surface area contributed by atoms with Crippen LogP contribution in [-0.2, 0) is 0 Å². The molecule has 5 heteroatoms. The first-order chi connectivity index (χ1) is 9.70. The molecule has 20 heavy (non-hydrogen) atoms. The first-order valence-electron chi connectivity index (χ1n) is 6.53. The molecule has 1 atom stereocenters. The van der Waals surface area contributed by atoms with Gasteiger partial charge in [0.2, 0.25) is 0 Å². The Balaban J connectivity index is 2.08. The second kappa shape index (κ2) is 7.67. The first-order valence-corrected chi connectivity index (χ1v) is 8.30. The van der Waals surface area contributed by atoms with E-state index in [1.807, 2.05) is 36.0 Å². The molecule has 1 aromatic heterocycles. The number of aromatic nitrogens is 1. The minimum atomic E-state index is 0.206. The molecule has 0 spiro atoms. The van der Waals surface area contributed by atoms with Crippen LogP contribution in [0.15, 0.2) is 52.0 Å². The van der Waals surface area contributed by atoms with E-state index >= 15 is 0 Å². The molecule has 1 heterocycles. The maximum Gasteiger partial charge on any atom is 0.128 e. The van der Waals surface area contributed by atoms with Crippen LogP contribution < -0.4 is 11.1 Å². The van der Waals surface area contributed by atoms with Gasteiger partial charge >= 0.3 is 0 Å². The summed E-state index contributed by atoms with van der Waals surface area (Å²) in [5, 5.41) is 3.47. The lowest BCUT2D eigenvalue weighted by atomic mass is 10.1. The van der Waals surface area contributed by atoms with E-state index in [0.29, 0.717) is 5.82 Å². The van der Waals surface area contributed by atoms with E-state index in [1.165, 1.54) is 4.90 Å². The third-order valence-corrected chi connectivity index (χ3v) is 4.49. The number of pyridine rings is 1. The molecule has 3 N–H and O–H groups in total. The maximum atomic E-state index is 5.98. The number of anilines is 1. The molecule has 2 aromatic rings. The molecule has 3 nitrogen and oxygen atoms in total. The van der Waals surface area contributed by atoms with Gasteiger partial charge in [-0.3, -0.25) is 0 Å². The molecule has 0 fully saturated rings. The summed E-state index contributed by atoms with van der Waals surface area (Å²) in [6, 6.07) is 12.5. The van der Waals surface area contributed by atoms with Crippen molar-refractivity contribution in [2.24, 2.45) is 0 Å². The fourth-order valence-corrected chi connectivity index (χ4v) is 3.56. The topological polar surface area (TPSA) is 50.9 Å². The van der Waals surface area contributed by atoms with Crippen molar-refractivity contribution in [3.05, 3.63) is 52.6 Å². The highest BCUT2D eigenvalue weighted by Crippen LogP contribution is 2.28. The lowest BCUT2D eigenvalue weighted by Crippen LogP contribution is -2.24. The maximum absolute atomic E-state index is 5.98. The smallest absolute Gasteiger partial charge is 0.128 e. The quantitative estimate of drug-likeness (QED) is 0.775. The van der Waals surface area contributed by atoms with Crippen molar-refractivity contribution in [1.82, 2.24) is 10.3 Å². The van der Waals surface area contributed by atoms with Crippen molar-refractivity contribution < 1.29 is 0 Å². The zero-order valence-electron chi connectivity index (χ0n) is 11.3. The van der Waals surface area contributed by atoms with Crippen molar-refractivity contribution in [2.45, 2.75) is 17.9 Å². The van der Waals surface area contributed by atoms with Crippen molar-refractivity contribution in [3.63, 3.8) is 0 Å². The van der Waals surface area contributed by atoms with Gasteiger partial charge in [-0.1, -0.05) is 35.0 Å². The fourth-order valence-electron chi connectivity index (χ4n) is 1.97. The van der Waals surface area contributed by atoms with Crippen LogP contribution in [0.25, 0.3) is 0 Å². The van der Waals surface area contributed by atoms with Gasteiger partial charge in [0.05, 0.1) is 0 Å². The monoisotopic (exact) mass is 351 g/mol. The summed E-state index contributed by atoms with van der Waals surface area (Å²) in [5.74, 6) is 1.52. The lowest BCUT2D eigenvalue weighted by Gasteiger charge is -2.19. The van der Waals surface area contributed by atoms with Crippen molar-refractivity contribution in [3.8, 4) is 0 Å². The van der Waals surface area contributed by atoms with Gasteiger partial charge in [-0.25, -0.2) is 4.98 Å². The number of thioether (sulfide) groups is 1. The summed E-state index contributed by atoms with van der Waals surface area (Å²) < 4.78 is 1.10. The van der Waals surface area contributed by atoms with Gasteiger partial charge in [0.15, 0.2) is 0 Å². The summed E-state index contributed by atoms with van der Waals surface area (Å²) in [7, 11) is 0. The summed E-state index contributed by atoms with van der Waals surface area (Å²) in [4.78, 5) is 5.41. The summed E-state index contributed by atoms with van der Waals surface area (Å²) >= 11 is 5.31. The van der Waals surface area contributed by atoms with E-state index in [2.05, 4.69) is 45.3 Å². The van der Waals surface area contributed by atoms with Gasteiger partial charge in [-0.05, 0) is 30.8 Å². The molecule has 0 aliphatic carbocycles. The molecule has 0 bridgehead atoms. The minimum absolute atomic E-state index is 0.206. The zero-order chi connectivity index (χ0) is 14.4. The largest absolute Gasteiger partial charge is 0.383 e. The molecule has 2 rings (SSSR count). The lowest BCUT2D eigenvalue weighted by molar-refractivity contribution is 0.606. The van der Waals surface area contributed by atoms with Crippen molar-refractivity contribution in [1.29, 1.82) is 0 Å². The Morgan fingerprint density at radius 2 is 2.20 bits per heavy atom. The van der Waals surface area contributed by atoms with Gasteiger partial charge in [0.25, 0.3) is 0 Å². The van der Waals surface area contributed by atoms with Crippen LogP contribution in [0.3, 0.4) is 0 Å². The Morgan fingerprint density at radius 3 is 2.90 bits per heavy atom. The van der Waals surface area contributed by atoms with E-state index in [0.717, 1.165) is 22.3 Å². The van der Waals surface area contributed by atoms with Crippen LogP contribution in [-0.4, -0.2) is 17.3 Å². The Kier molecular flexibility index (Phi) is 5.88. The average molecular weight is 352 g/mol. The van der Waals surface area contributed by atoms with E-state index in [9.17, 15) is 0 Å². The number of nitrogens with zero attached hydrogens (tertiary/aromatic N) is 1. The van der Waals surface area contributed by atoms with Gasteiger partial charge in [-0.2, -0.15) is 0 Å². The Bertz CT molecular complexity index is 562. The average Bonchev–Trinajstić information content (AvgIpc) is 2.44. The molecule has 0 amide bonds. The molecule has 106 valence electrons. The second-order valence-electron chi connectivity index (χ2n) is 4.36. The SMILES string of the molecule is CCNC(CSc1cccc(Br)c1)c1cccnc1N. The Morgan fingerprint density at radius 1 is 1.35 bits per heavy atom. The Hall–Kier alpha value is -1.04. The number of benzene rings is 1. The second-order valence-corrected chi connectivity index (χ2v) is 6.37. The van der Waals surface area contributed by atoms with E-state index in [1.54, 1.807) is 6.20 Å². The van der Waals surface area contributed by atoms with Crippen molar-refractivity contribution >= 4 is 33.5 Å². The van der Waals surface area contributed by atoms with E-state index in [-0.39, 0.29) is 6.04 Å². The molecule has 0 saturated carbocycles. The first kappa shape index (κ1) is 15.4. The normalized spacial score (nSPS) is 12.3. The standard InChI is InChI=1S/C15H18BrN3S/c1-2-18-14(13-7-4-8-19-15(13)17)10-20-12-6-3-5-11(16)9-12/h3-9,14,18H,2,10H2,1H3,(H2,17,19). The predicted octanol–water partition coefficient (Wildman–Crippen LogP) is 3.87. The molecule has 0 aliphatic rings. The van der Waals surface area contributed by atoms with Gasteiger partial charge in [-0.15, -0.1) is 11.8 Å². The molecular weight excluding hydrogens is 334 g/mol. The number of hydrogen-bond acceptors (Lipinski definition) is 4. The van der Waals surface area contributed by atoms with Crippen LogP contribution >= 0.6 is 27.7 Å². The van der Waals surface area contributed by atoms with E-state index < -0.39 is 0 Å². The number of nitrogens with two attached hydrogens (primary N) is 1. The summed E-state index contributed by atoms with van der Waals surface area (Å²) in [6.45, 7) is 3.00. The van der Waals surface area contributed by atoms with Crippen LogP contribution in [0.4, 0.5) is 5.82 Å². The van der Waals surface area contributed by atoms with Gasteiger partial charge in [0.1, 0.15) is 5.82 Å². The summed E-state index contributed by atoms with van der Waals surface area (Å²) in [5.41, 5.74) is 7.04. The molecule has 1 unspecified atom stereocenters. The third-order valence-electron chi connectivity index (χ3n) is 2.91. The number of nitrogen functional groups attached to an aromatic ring is 1. The molecule has 1 aromatic carbocycles. The number of hydrogen-bond donors (Lipinski definition) is 2. The predicted molar refractivity (Wildman–Crippen MR) is 89.9 cm³/mol. The Labute approximate surface area is 132 Å². The fraction of sp³-hybridized carbons (Fsp3) is 0.267. The van der Waals surface area contributed by atoms with Gasteiger partial charge < -0.3 is 11.1 Å². The van der Waals surface area contributed by atoms with E-state index in [4.69, 9.17) is 5.73 Å². The zero-order valence-corrected chi connectivity index (χ0v) is 13.7. The van der Waals surface area contributed by atoms with Crippen LogP contribution in [0, 0.1) is 0 Å². The highest BCUT2D eigenvalue weighted by Gasteiger charge is 2.14. The van der Waals surface area contributed by atoms with Crippen LogP contribution in [0.2, 0.25) is 0 Å². The highest BCUT2D eigenvalue weighted by molar-refractivity contribution is 9.10. The molecule has 0 saturated heterocycles. The minimum Gasteiger partial charge on any atom is -0.383 e. The molecule has 0 radical (unpaired) electrons. The highest BCUT2D eigenvalue weighted by atomic mass is 79.9. The number of nitrogens with one attached hydrogen (secondary N) is 1. The summed E-state index contributed by atoms with van der Waals surface area (Å²) in [6.07, 6.45) is 1.73. The van der Waals surface area contributed by atoms with Gasteiger partial charge in [0, 0.05) is 32.9 Å². The number of halogens is 1. The van der Waals surface area contributed by atoms with Crippen LogP contribution in [0.5, 0.6) is 0 Å². The van der Waals surface area contributed by atoms with Crippen LogP contribution in [0.1, 0.15) is 18.5 Å². The molecule has 0 aliphatic heterocycles.